The summed E-state index contributed by atoms with van der Waals surface area (Å²) >= 11 is 6.20. The number of aryl methyl sites for hydroxylation is 1. The van der Waals surface area contributed by atoms with Crippen molar-refractivity contribution in [1.29, 1.82) is 0 Å². The van der Waals surface area contributed by atoms with E-state index in [1.807, 2.05) is 19.9 Å². The predicted octanol–water partition coefficient (Wildman–Crippen LogP) is 3.28. The summed E-state index contributed by atoms with van der Waals surface area (Å²) in [6.07, 6.45) is 0.530. The third-order valence-electron chi connectivity index (χ3n) is 2.60. The largest absolute Gasteiger partial charge is 0.496 e. The molecule has 0 bridgehead atoms. The monoisotopic (exact) mass is 242 g/mol. The lowest BCUT2D eigenvalue weighted by molar-refractivity contribution is 0.0801. The van der Waals surface area contributed by atoms with Gasteiger partial charge in [0.05, 0.1) is 12.7 Å². The first-order chi connectivity index (χ1) is 7.26. The zero-order valence-corrected chi connectivity index (χ0v) is 11.3. The summed E-state index contributed by atoms with van der Waals surface area (Å²) in [6.45, 7) is 7.46. The van der Waals surface area contributed by atoms with Crippen LogP contribution >= 0.6 is 11.6 Å². The predicted molar refractivity (Wildman–Crippen MR) is 67.5 cm³/mol. The smallest absolute Gasteiger partial charge is 0.122 e. The summed E-state index contributed by atoms with van der Waals surface area (Å²) in [4.78, 5) is 0. The Morgan fingerprint density at radius 2 is 1.94 bits per heavy atom. The number of rotatable bonds is 3. The average Bonchev–Trinajstić information content (AvgIpc) is 2.17. The van der Waals surface area contributed by atoms with Gasteiger partial charge in [0.1, 0.15) is 5.75 Å². The van der Waals surface area contributed by atoms with Gasteiger partial charge in [-0.2, -0.15) is 0 Å². The molecule has 1 rings (SSSR count). The summed E-state index contributed by atoms with van der Waals surface area (Å²) in [5.41, 5.74) is 2.19. The van der Waals surface area contributed by atoms with Crippen LogP contribution in [0.25, 0.3) is 0 Å². The SMILES string of the molecule is COc1cc(C)c(Cl)c(C)c1CC(C)(C)O. The number of methoxy groups -OCH3 is 1. The van der Waals surface area contributed by atoms with Gasteiger partial charge in [-0.1, -0.05) is 11.6 Å². The van der Waals surface area contributed by atoms with E-state index in [4.69, 9.17) is 16.3 Å². The standard InChI is InChI=1S/C13H19ClO2/c1-8-6-11(16-5)10(7-13(3,4)15)9(2)12(8)14/h6,15H,7H2,1-5H3. The maximum absolute atomic E-state index is 9.88. The highest BCUT2D eigenvalue weighted by Crippen LogP contribution is 2.33. The molecule has 2 nitrogen and oxygen atoms in total. The molecule has 16 heavy (non-hydrogen) atoms. The molecule has 0 saturated carbocycles. The molecule has 0 heterocycles. The van der Waals surface area contributed by atoms with Gasteiger partial charge >= 0.3 is 0 Å². The van der Waals surface area contributed by atoms with E-state index in [1.54, 1.807) is 21.0 Å². The highest BCUT2D eigenvalue weighted by molar-refractivity contribution is 6.32. The summed E-state index contributed by atoms with van der Waals surface area (Å²) in [5, 5.41) is 10.6. The second-order valence-electron chi connectivity index (χ2n) is 4.80. The Morgan fingerprint density at radius 1 is 1.38 bits per heavy atom. The van der Waals surface area contributed by atoms with Crippen LogP contribution in [0.1, 0.15) is 30.5 Å². The van der Waals surface area contributed by atoms with Gasteiger partial charge in [-0.3, -0.25) is 0 Å². The fraction of sp³-hybridized carbons (Fsp3) is 0.538. The first-order valence-corrected chi connectivity index (χ1v) is 5.69. The number of hydrogen-bond acceptors (Lipinski definition) is 2. The van der Waals surface area contributed by atoms with Gasteiger partial charge in [0.25, 0.3) is 0 Å². The zero-order valence-electron chi connectivity index (χ0n) is 10.5. The highest BCUT2D eigenvalue weighted by atomic mass is 35.5. The average molecular weight is 243 g/mol. The third kappa shape index (κ3) is 2.89. The summed E-state index contributed by atoms with van der Waals surface area (Å²) in [7, 11) is 1.63. The van der Waals surface area contributed by atoms with Crippen molar-refractivity contribution in [2.24, 2.45) is 0 Å². The third-order valence-corrected chi connectivity index (χ3v) is 3.18. The van der Waals surface area contributed by atoms with Crippen molar-refractivity contribution in [3.63, 3.8) is 0 Å². The molecule has 0 aliphatic carbocycles. The number of halogens is 1. The molecule has 0 saturated heterocycles. The van der Waals surface area contributed by atoms with E-state index < -0.39 is 5.60 Å². The van der Waals surface area contributed by atoms with E-state index in [-0.39, 0.29) is 0 Å². The lowest BCUT2D eigenvalue weighted by atomic mass is 9.93. The maximum atomic E-state index is 9.88. The van der Waals surface area contributed by atoms with Crippen molar-refractivity contribution in [3.05, 3.63) is 27.8 Å². The molecular weight excluding hydrogens is 224 g/mol. The molecule has 0 spiro atoms. The molecule has 0 aliphatic heterocycles. The Hall–Kier alpha value is -0.730. The molecule has 0 aromatic heterocycles. The molecule has 0 amide bonds. The lowest BCUT2D eigenvalue weighted by Gasteiger charge is -2.22. The van der Waals surface area contributed by atoms with Crippen molar-refractivity contribution in [2.45, 2.75) is 39.7 Å². The van der Waals surface area contributed by atoms with E-state index in [2.05, 4.69) is 0 Å². The molecule has 0 fully saturated rings. The van der Waals surface area contributed by atoms with Crippen LogP contribution < -0.4 is 4.74 Å². The van der Waals surface area contributed by atoms with Crippen LogP contribution in [0.3, 0.4) is 0 Å². The molecule has 90 valence electrons. The second kappa shape index (κ2) is 4.64. The molecule has 0 unspecified atom stereocenters. The summed E-state index contributed by atoms with van der Waals surface area (Å²) in [6, 6.07) is 1.91. The Morgan fingerprint density at radius 3 is 2.38 bits per heavy atom. The van der Waals surface area contributed by atoms with Gasteiger partial charge in [-0.15, -0.1) is 0 Å². The second-order valence-corrected chi connectivity index (χ2v) is 5.18. The molecule has 0 aliphatic rings. The van der Waals surface area contributed by atoms with E-state index in [0.29, 0.717) is 6.42 Å². The van der Waals surface area contributed by atoms with Crippen LogP contribution in [0.15, 0.2) is 6.07 Å². The number of ether oxygens (including phenoxy) is 1. The summed E-state index contributed by atoms with van der Waals surface area (Å²) < 4.78 is 5.34. The van der Waals surface area contributed by atoms with Crippen molar-refractivity contribution >= 4 is 11.6 Å². The minimum absolute atomic E-state index is 0.530. The molecule has 0 radical (unpaired) electrons. The maximum Gasteiger partial charge on any atom is 0.122 e. The fourth-order valence-electron chi connectivity index (χ4n) is 1.79. The Kier molecular flexibility index (Phi) is 3.87. The van der Waals surface area contributed by atoms with Gasteiger partial charge < -0.3 is 9.84 Å². The zero-order chi connectivity index (χ0) is 12.5. The normalized spacial score (nSPS) is 11.7. The molecule has 1 aromatic rings. The number of aliphatic hydroxyl groups is 1. The fourth-order valence-corrected chi connectivity index (χ4v) is 1.96. The Balaban J connectivity index is 3.30. The molecule has 0 atom stereocenters. The van der Waals surface area contributed by atoms with Crippen molar-refractivity contribution in [3.8, 4) is 5.75 Å². The minimum atomic E-state index is -0.767. The highest BCUT2D eigenvalue weighted by Gasteiger charge is 2.20. The molecule has 3 heteroatoms. The lowest BCUT2D eigenvalue weighted by Crippen LogP contribution is -2.23. The van der Waals surface area contributed by atoms with E-state index >= 15 is 0 Å². The van der Waals surface area contributed by atoms with Crippen LogP contribution in [-0.2, 0) is 6.42 Å². The quantitative estimate of drug-likeness (QED) is 0.882. The summed E-state index contributed by atoms with van der Waals surface area (Å²) in [5.74, 6) is 0.793. The van der Waals surface area contributed by atoms with Crippen LogP contribution in [-0.4, -0.2) is 17.8 Å². The van der Waals surface area contributed by atoms with E-state index in [1.165, 1.54) is 0 Å². The van der Waals surface area contributed by atoms with Crippen molar-refractivity contribution < 1.29 is 9.84 Å². The van der Waals surface area contributed by atoms with Crippen molar-refractivity contribution in [1.82, 2.24) is 0 Å². The van der Waals surface area contributed by atoms with Gasteiger partial charge in [-0.25, -0.2) is 0 Å². The van der Waals surface area contributed by atoms with Crippen LogP contribution in [0.5, 0.6) is 5.75 Å². The Bertz CT molecular complexity index is 392. The van der Waals surface area contributed by atoms with Crippen LogP contribution in [0.2, 0.25) is 5.02 Å². The van der Waals surface area contributed by atoms with E-state index in [9.17, 15) is 5.11 Å². The van der Waals surface area contributed by atoms with Gasteiger partial charge in [-0.05, 0) is 44.9 Å². The molecule has 1 aromatic carbocycles. The van der Waals surface area contributed by atoms with Crippen molar-refractivity contribution in [2.75, 3.05) is 7.11 Å². The van der Waals surface area contributed by atoms with E-state index in [0.717, 1.165) is 27.5 Å². The first kappa shape index (κ1) is 13.3. The minimum Gasteiger partial charge on any atom is -0.496 e. The van der Waals surface area contributed by atoms with Gasteiger partial charge in [0.2, 0.25) is 0 Å². The number of hydrogen-bond donors (Lipinski definition) is 1. The van der Waals surface area contributed by atoms with Crippen LogP contribution in [0, 0.1) is 13.8 Å². The van der Waals surface area contributed by atoms with Crippen LogP contribution in [0.4, 0.5) is 0 Å². The molecule has 1 N–H and O–H groups in total. The topological polar surface area (TPSA) is 29.5 Å². The van der Waals surface area contributed by atoms with Gasteiger partial charge in [0, 0.05) is 17.0 Å². The first-order valence-electron chi connectivity index (χ1n) is 5.31. The molecular formula is C13H19ClO2. The van der Waals surface area contributed by atoms with Gasteiger partial charge in [0.15, 0.2) is 0 Å². The Labute approximate surface area is 102 Å². The number of benzene rings is 1.